The first-order valence-electron chi connectivity index (χ1n) is 6.89. The highest BCUT2D eigenvalue weighted by Gasteiger charge is 2.37. The maximum Gasteiger partial charge on any atom is 0.390 e. The molecule has 0 amide bonds. The topological polar surface area (TPSA) is 44.7 Å². The Morgan fingerprint density at radius 1 is 1.29 bits per heavy atom. The maximum atomic E-state index is 13.0. The summed E-state index contributed by atoms with van der Waals surface area (Å²) in [7, 11) is 1.37. The van der Waals surface area contributed by atoms with Crippen molar-refractivity contribution in [2.45, 2.75) is 18.6 Å². The van der Waals surface area contributed by atoms with Crippen LogP contribution in [0.4, 0.5) is 13.2 Å². The zero-order valence-corrected chi connectivity index (χ0v) is 16.1. The minimum atomic E-state index is -4.32. The van der Waals surface area contributed by atoms with E-state index in [0.29, 0.717) is 30.7 Å². The second-order valence-electron chi connectivity index (χ2n) is 5.17. The fraction of sp³-hybridized carbons (Fsp3) is 0.571. The minimum Gasteiger partial charge on any atom is -0.504 e. The summed E-state index contributed by atoms with van der Waals surface area (Å²) in [5.41, 5.74) is 0.227. The molecule has 2 N–H and O–H groups in total. The number of methoxy groups -OCH3 is 1. The summed E-state index contributed by atoms with van der Waals surface area (Å²) in [4.78, 5) is 1.74. The molecular weight excluding hydrogens is 436 g/mol. The second kappa shape index (κ2) is 9.91. The molecule has 0 spiro atoms. The standard InChI is InChI=1S/C14H18BrF3N2O2.2ClH/c1-22-12-7-9(15)6-10(13(12)21)11(8-14(16,17)18)20-4-2-19-3-5-20;;/h6-7,11,19,21H,2-5,8H2,1H3;2*1H/t11-;;/m1../s1. The number of ether oxygens (including phenoxy) is 1. The van der Waals surface area contributed by atoms with Crippen LogP contribution in [-0.2, 0) is 0 Å². The Bertz CT molecular complexity index is 529. The van der Waals surface area contributed by atoms with Gasteiger partial charge in [-0.15, -0.1) is 24.8 Å². The Morgan fingerprint density at radius 2 is 1.88 bits per heavy atom. The van der Waals surface area contributed by atoms with Crippen molar-refractivity contribution in [3.8, 4) is 11.5 Å². The number of piperazine rings is 1. The van der Waals surface area contributed by atoms with E-state index in [0.717, 1.165) is 0 Å². The van der Waals surface area contributed by atoms with Crippen LogP contribution in [0.15, 0.2) is 16.6 Å². The number of nitrogens with zero attached hydrogens (tertiary/aromatic N) is 1. The fourth-order valence-electron chi connectivity index (χ4n) is 2.65. The molecule has 2 rings (SSSR count). The molecule has 0 unspecified atom stereocenters. The second-order valence-corrected chi connectivity index (χ2v) is 6.08. The van der Waals surface area contributed by atoms with Gasteiger partial charge in [-0.05, 0) is 12.1 Å². The number of alkyl halides is 3. The molecule has 0 aliphatic carbocycles. The monoisotopic (exact) mass is 454 g/mol. The first-order valence-corrected chi connectivity index (χ1v) is 7.69. The lowest BCUT2D eigenvalue weighted by atomic mass is 9.99. The van der Waals surface area contributed by atoms with E-state index in [1.807, 2.05) is 0 Å². The van der Waals surface area contributed by atoms with Gasteiger partial charge in [0.2, 0.25) is 0 Å². The Labute approximate surface area is 159 Å². The number of phenols is 1. The minimum absolute atomic E-state index is 0. The van der Waals surface area contributed by atoms with E-state index in [4.69, 9.17) is 4.74 Å². The number of aromatic hydroxyl groups is 1. The Balaban J connectivity index is 0.00000264. The summed E-state index contributed by atoms with van der Waals surface area (Å²) >= 11 is 3.26. The molecule has 0 aromatic heterocycles. The third-order valence-corrected chi connectivity index (χ3v) is 4.12. The van der Waals surface area contributed by atoms with Gasteiger partial charge in [-0.2, -0.15) is 13.2 Å². The maximum absolute atomic E-state index is 13.0. The van der Waals surface area contributed by atoms with Gasteiger partial charge in [-0.1, -0.05) is 15.9 Å². The average molecular weight is 456 g/mol. The van der Waals surface area contributed by atoms with Crippen molar-refractivity contribution in [1.82, 2.24) is 10.2 Å². The van der Waals surface area contributed by atoms with Gasteiger partial charge < -0.3 is 15.2 Å². The molecule has 1 fully saturated rings. The van der Waals surface area contributed by atoms with Crippen molar-refractivity contribution in [2.75, 3.05) is 33.3 Å². The quantitative estimate of drug-likeness (QED) is 0.722. The van der Waals surface area contributed by atoms with Crippen LogP contribution in [0.3, 0.4) is 0 Å². The van der Waals surface area contributed by atoms with E-state index in [9.17, 15) is 18.3 Å². The van der Waals surface area contributed by atoms with Gasteiger partial charge in [0, 0.05) is 42.3 Å². The number of nitrogens with one attached hydrogen (secondary N) is 1. The van der Waals surface area contributed by atoms with Crippen LogP contribution >= 0.6 is 40.7 Å². The van der Waals surface area contributed by atoms with Crippen LogP contribution in [0.5, 0.6) is 11.5 Å². The van der Waals surface area contributed by atoms with Crippen molar-refractivity contribution in [3.05, 3.63) is 22.2 Å². The highest BCUT2D eigenvalue weighted by Crippen LogP contribution is 2.43. The summed E-state index contributed by atoms with van der Waals surface area (Å²) in [6.45, 7) is 2.24. The first kappa shape index (κ1) is 23.6. The van der Waals surface area contributed by atoms with E-state index in [-0.39, 0.29) is 41.9 Å². The summed E-state index contributed by atoms with van der Waals surface area (Å²) < 4.78 is 44.6. The van der Waals surface area contributed by atoms with Crippen LogP contribution in [0.1, 0.15) is 18.0 Å². The Kier molecular flexibility index (Phi) is 9.74. The predicted octanol–water partition coefficient (Wildman–Crippen LogP) is 3.91. The number of rotatable bonds is 4. The highest BCUT2D eigenvalue weighted by molar-refractivity contribution is 9.10. The van der Waals surface area contributed by atoms with Crippen molar-refractivity contribution in [3.63, 3.8) is 0 Å². The van der Waals surface area contributed by atoms with Crippen molar-refractivity contribution in [2.24, 2.45) is 0 Å². The number of hydrogen-bond acceptors (Lipinski definition) is 4. The van der Waals surface area contributed by atoms with Crippen LogP contribution in [-0.4, -0.2) is 49.5 Å². The van der Waals surface area contributed by atoms with E-state index in [1.165, 1.54) is 19.2 Å². The SMILES string of the molecule is COc1cc(Br)cc([C@@H](CC(F)(F)F)N2CCNCC2)c1O.Cl.Cl. The molecule has 1 aliphatic heterocycles. The molecule has 1 aromatic rings. The lowest BCUT2D eigenvalue weighted by Crippen LogP contribution is -2.46. The smallest absolute Gasteiger partial charge is 0.390 e. The first-order chi connectivity index (χ1) is 10.3. The van der Waals surface area contributed by atoms with E-state index >= 15 is 0 Å². The highest BCUT2D eigenvalue weighted by atomic mass is 79.9. The predicted molar refractivity (Wildman–Crippen MR) is 94.7 cm³/mol. The van der Waals surface area contributed by atoms with E-state index in [1.54, 1.807) is 4.90 Å². The molecule has 1 aliphatic rings. The molecule has 1 saturated heterocycles. The van der Waals surface area contributed by atoms with Crippen molar-refractivity contribution < 1.29 is 23.0 Å². The molecule has 0 saturated carbocycles. The Hall–Kier alpha value is -0.410. The fourth-order valence-corrected chi connectivity index (χ4v) is 3.11. The average Bonchev–Trinajstić information content (AvgIpc) is 2.47. The van der Waals surface area contributed by atoms with Gasteiger partial charge in [0.25, 0.3) is 0 Å². The van der Waals surface area contributed by atoms with Gasteiger partial charge >= 0.3 is 6.18 Å². The van der Waals surface area contributed by atoms with E-state index in [2.05, 4.69) is 21.2 Å². The molecule has 0 radical (unpaired) electrons. The summed E-state index contributed by atoms with van der Waals surface area (Å²) in [5.74, 6) is -0.0785. The summed E-state index contributed by atoms with van der Waals surface area (Å²) in [5, 5.41) is 13.4. The number of hydrogen-bond donors (Lipinski definition) is 2. The molecular formula is C14H20BrCl2F3N2O2. The van der Waals surface area contributed by atoms with Crippen LogP contribution in [0.2, 0.25) is 0 Å². The molecule has 24 heavy (non-hydrogen) atoms. The largest absolute Gasteiger partial charge is 0.504 e. The number of halogens is 6. The molecule has 140 valence electrons. The van der Waals surface area contributed by atoms with E-state index < -0.39 is 18.6 Å². The van der Waals surface area contributed by atoms with Gasteiger partial charge in [0.1, 0.15) is 0 Å². The van der Waals surface area contributed by atoms with Gasteiger partial charge in [-0.25, -0.2) is 0 Å². The Morgan fingerprint density at radius 3 is 2.38 bits per heavy atom. The third kappa shape index (κ3) is 6.15. The number of phenolic OH excluding ortho intramolecular Hbond substituents is 1. The number of benzene rings is 1. The van der Waals surface area contributed by atoms with Gasteiger partial charge in [0.05, 0.1) is 13.5 Å². The molecule has 1 atom stereocenters. The third-order valence-electron chi connectivity index (χ3n) is 3.67. The van der Waals surface area contributed by atoms with Crippen LogP contribution in [0.25, 0.3) is 0 Å². The lowest BCUT2D eigenvalue weighted by Gasteiger charge is -2.36. The van der Waals surface area contributed by atoms with Crippen molar-refractivity contribution in [1.29, 1.82) is 0 Å². The zero-order valence-electron chi connectivity index (χ0n) is 12.9. The van der Waals surface area contributed by atoms with Crippen molar-refractivity contribution >= 4 is 40.7 Å². The summed E-state index contributed by atoms with van der Waals surface area (Å²) in [6, 6.07) is 2.12. The van der Waals surface area contributed by atoms with Crippen LogP contribution < -0.4 is 10.1 Å². The van der Waals surface area contributed by atoms with Gasteiger partial charge in [-0.3, -0.25) is 4.90 Å². The molecule has 4 nitrogen and oxygen atoms in total. The molecule has 1 aromatic carbocycles. The summed E-state index contributed by atoms with van der Waals surface area (Å²) in [6.07, 6.45) is -5.34. The molecule has 1 heterocycles. The molecule has 0 bridgehead atoms. The lowest BCUT2D eigenvalue weighted by molar-refractivity contribution is -0.148. The molecule has 10 heteroatoms. The zero-order chi connectivity index (χ0) is 16.3. The van der Waals surface area contributed by atoms with Crippen LogP contribution in [0, 0.1) is 0 Å². The normalized spacial score (nSPS) is 16.7. The van der Waals surface area contributed by atoms with Gasteiger partial charge in [0.15, 0.2) is 11.5 Å².